The van der Waals surface area contributed by atoms with E-state index in [1.165, 1.54) is 26.8 Å². The van der Waals surface area contributed by atoms with E-state index in [9.17, 15) is 36.0 Å². The Balaban J connectivity index is 1.93. The molecule has 17 heteroatoms. The number of benzene rings is 1. The van der Waals surface area contributed by atoms with Gasteiger partial charge in [-0.15, -0.1) is 10.2 Å². The number of anilines is 1. The van der Waals surface area contributed by atoms with Crippen molar-refractivity contribution in [1.29, 1.82) is 0 Å². The highest BCUT2D eigenvalue weighted by molar-refractivity contribution is 7.91. The zero-order valence-electron chi connectivity index (χ0n) is 23.2. The van der Waals surface area contributed by atoms with Crippen LogP contribution in [0.5, 0.6) is 0 Å². The van der Waals surface area contributed by atoms with Crippen LogP contribution in [0.25, 0.3) is 11.5 Å². The van der Waals surface area contributed by atoms with Crippen molar-refractivity contribution in [3.8, 4) is 11.5 Å². The molecule has 3 amide bonds. The number of nitrogens with zero attached hydrogens (tertiary/aromatic N) is 2. The number of alkyl carbamates (subject to hydrolysis) is 2. The minimum atomic E-state index is -5.10. The molecule has 2 aromatic rings. The van der Waals surface area contributed by atoms with E-state index >= 15 is 0 Å². The average Bonchev–Trinajstić information content (AvgIpc) is 3.22. The summed E-state index contributed by atoms with van der Waals surface area (Å²) in [6.07, 6.45) is -7.49. The fourth-order valence-corrected chi connectivity index (χ4v) is 5.06. The van der Waals surface area contributed by atoms with Crippen molar-refractivity contribution in [2.24, 2.45) is 0 Å². The van der Waals surface area contributed by atoms with Gasteiger partial charge in [-0.3, -0.25) is 10.1 Å². The van der Waals surface area contributed by atoms with Gasteiger partial charge in [-0.1, -0.05) is 0 Å². The molecule has 0 spiro atoms. The quantitative estimate of drug-likeness (QED) is 0.466. The van der Waals surface area contributed by atoms with Gasteiger partial charge in [0.1, 0.15) is 17.2 Å². The van der Waals surface area contributed by atoms with Crippen LogP contribution in [-0.2, 0) is 29.6 Å². The molecule has 0 fully saturated rings. The standard InChI is InChI=1S/C24H30F3N5O8S/c1-21(2,3)39-19(34)29-14-11-41(36,37)15-9-8-12(10-13(15)28-16(14)33)17-31-32-18(38-17)23(7,24(25,26)27)30-20(35)40-22(4,5)6/h8-10,14H,11H2,1-7H3,(H,28,33)(H,29,34)(H,30,35)/t14-,23+/m0/s1. The van der Waals surface area contributed by atoms with Crippen LogP contribution in [0, 0.1) is 0 Å². The second kappa shape index (κ2) is 10.5. The summed E-state index contributed by atoms with van der Waals surface area (Å²) in [5, 5.41) is 13.4. The van der Waals surface area contributed by atoms with Crippen molar-refractivity contribution in [3.05, 3.63) is 24.1 Å². The molecule has 1 aromatic heterocycles. The molecule has 226 valence electrons. The van der Waals surface area contributed by atoms with Gasteiger partial charge in [0.25, 0.3) is 5.89 Å². The number of ether oxygens (including phenoxy) is 2. The molecule has 3 rings (SSSR count). The zero-order chi connectivity index (χ0) is 31.2. The number of alkyl halides is 3. The van der Waals surface area contributed by atoms with E-state index in [4.69, 9.17) is 13.9 Å². The van der Waals surface area contributed by atoms with E-state index in [1.54, 1.807) is 26.1 Å². The molecule has 2 atom stereocenters. The maximum Gasteiger partial charge on any atom is 0.420 e. The van der Waals surface area contributed by atoms with Crippen molar-refractivity contribution < 1.29 is 49.9 Å². The van der Waals surface area contributed by atoms with E-state index in [0.29, 0.717) is 6.92 Å². The first-order chi connectivity index (χ1) is 18.5. The summed E-state index contributed by atoms with van der Waals surface area (Å²) in [5.41, 5.74) is -5.42. The number of hydrogen-bond donors (Lipinski definition) is 3. The molecule has 2 heterocycles. The van der Waals surface area contributed by atoms with Crippen LogP contribution in [0.4, 0.5) is 28.4 Å². The van der Waals surface area contributed by atoms with Crippen LogP contribution < -0.4 is 16.0 Å². The largest absolute Gasteiger partial charge is 0.444 e. The molecule has 0 radical (unpaired) electrons. The normalized spacial score (nSPS) is 18.7. The Morgan fingerprint density at radius 1 is 1.00 bits per heavy atom. The smallest absolute Gasteiger partial charge is 0.420 e. The summed E-state index contributed by atoms with van der Waals surface area (Å²) in [7, 11) is -4.15. The third kappa shape index (κ3) is 7.45. The predicted octanol–water partition coefficient (Wildman–Crippen LogP) is 3.66. The lowest BCUT2D eigenvalue weighted by Gasteiger charge is -2.30. The Morgan fingerprint density at radius 2 is 1.59 bits per heavy atom. The van der Waals surface area contributed by atoms with E-state index in [-0.39, 0.29) is 16.1 Å². The highest BCUT2D eigenvalue weighted by Crippen LogP contribution is 2.40. The Labute approximate surface area is 233 Å². The number of rotatable bonds is 4. The van der Waals surface area contributed by atoms with Crippen molar-refractivity contribution in [2.75, 3.05) is 11.1 Å². The molecule has 1 aliphatic heterocycles. The number of aromatic nitrogens is 2. The molecule has 0 bridgehead atoms. The number of carbonyl (C=O) groups is 3. The third-order valence-electron chi connectivity index (χ3n) is 5.38. The summed E-state index contributed by atoms with van der Waals surface area (Å²) in [6.45, 7) is 9.77. The number of nitrogens with one attached hydrogen (secondary N) is 3. The highest BCUT2D eigenvalue weighted by Gasteiger charge is 2.58. The van der Waals surface area contributed by atoms with Gasteiger partial charge in [0.2, 0.25) is 17.3 Å². The molecule has 1 aliphatic rings. The monoisotopic (exact) mass is 605 g/mol. The number of amides is 3. The molecule has 0 saturated heterocycles. The minimum absolute atomic E-state index is 0.0432. The number of halogens is 3. The number of sulfone groups is 1. The number of carbonyl (C=O) groups excluding carboxylic acids is 3. The van der Waals surface area contributed by atoms with E-state index < -0.39 is 74.4 Å². The lowest BCUT2D eigenvalue weighted by Crippen LogP contribution is -2.55. The van der Waals surface area contributed by atoms with Gasteiger partial charge in [0.15, 0.2) is 9.84 Å². The van der Waals surface area contributed by atoms with Gasteiger partial charge >= 0.3 is 18.4 Å². The number of hydrogen-bond acceptors (Lipinski definition) is 10. The van der Waals surface area contributed by atoms with Gasteiger partial charge in [-0.2, -0.15) is 13.2 Å². The Kier molecular flexibility index (Phi) is 8.10. The lowest BCUT2D eigenvalue weighted by atomic mass is 10.0. The fraction of sp³-hybridized carbons (Fsp3) is 0.542. The number of fused-ring (bicyclic) bond motifs is 1. The van der Waals surface area contributed by atoms with Gasteiger partial charge in [0.05, 0.1) is 16.3 Å². The van der Waals surface area contributed by atoms with Crippen LogP contribution in [0.1, 0.15) is 54.4 Å². The Bertz CT molecular complexity index is 1460. The molecule has 41 heavy (non-hydrogen) atoms. The van der Waals surface area contributed by atoms with Crippen molar-refractivity contribution >= 4 is 33.6 Å². The van der Waals surface area contributed by atoms with Crippen LogP contribution in [-0.4, -0.2) is 65.9 Å². The molecular formula is C24H30F3N5O8S. The lowest BCUT2D eigenvalue weighted by molar-refractivity contribution is -0.199. The van der Waals surface area contributed by atoms with Crippen molar-refractivity contribution in [1.82, 2.24) is 20.8 Å². The SMILES string of the molecule is CC(C)(C)OC(=O)N[C@H]1CS(=O)(=O)c2ccc(-c3nnc([C@@](C)(NC(=O)OC(C)(C)C)C(F)(F)F)o3)cc2NC1=O. The topological polar surface area (TPSA) is 179 Å². The Morgan fingerprint density at radius 3 is 2.15 bits per heavy atom. The second-order valence-corrected chi connectivity index (χ2v) is 13.3. The molecule has 0 aliphatic carbocycles. The first kappa shape index (κ1) is 31.6. The molecular weight excluding hydrogens is 575 g/mol. The third-order valence-corrected chi connectivity index (χ3v) is 7.18. The maximum absolute atomic E-state index is 14.1. The van der Waals surface area contributed by atoms with Gasteiger partial charge in [0, 0.05) is 5.56 Å². The molecule has 0 unspecified atom stereocenters. The van der Waals surface area contributed by atoms with Gasteiger partial charge in [-0.05, 0) is 66.7 Å². The van der Waals surface area contributed by atoms with Crippen LogP contribution in [0.15, 0.2) is 27.5 Å². The predicted molar refractivity (Wildman–Crippen MR) is 136 cm³/mol. The first-order valence-electron chi connectivity index (χ1n) is 12.1. The average molecular weight is 606 g/mol. The minimum Gasteiger partial charge on any atom is -0.444 e. The van der Waals surface area contributed by atoms with Crippen LogP contribution >= 0.6 is 0 Å². The summed E-state index contributed by atoms with van der Waals surface area (Å²) in [6, 6.07) is 1.90. The summed E-state index contributed by atoms with van der Waals surface area (Å²) >= 11 is 0. The summed E-state index contributed by atoms with van der Waals surface area (Å²) in [4.78, 5) is 36.8. The van der Waals surface area contributed by atoms with Gasteiger partial charge < -0.3 is 24.5 Å². The first-order valence-corrected chi connectivity index (χ1v) is 13.8. The van der Waals surface area contributed by atoms with Crippen molar-refractivity contribution in [2.45, 2.75) is 82.3 Å². The van der Waals surface area contributed by atoms with E-state index in [0.717, 1.165) is 12.1 Å². The molecule has 3 N–H and O–H groups in total. The summed E-state index contributed by atoms with van der Waals surface area (Å²) in [5.74, 6) is -3.16. The fourth-order valence-electron chi connectivity index (χ4n) is 3.49. The Hall–Kier alpha value is -3.89. The van der Waals surface area contributed by atoms with E-state index in [2.05, 4.69) is 20.8 Å². The summed E-state index contributed by atoms with van der Waals surface area (Å²) < 4.78 is 83.5. The van der Waals surface area contributed by atoms with E-state index in [1.807, 2.05) is 0 Å². The molecule has 13 nitrogen and oxygen atoms in total. The highest BCUT2D eigenvalue weighted by atomic mass is 32.2. The molecule has 1 aromatic carbocycles. The zero-order valence-corrected chi connectivity index (χ0v) is 24.0. The second-order valence-electron chi connectivity index (χ2n) is 11.3. The van der Waals surface area contributed by atoms with Gasteiger partial charge in [-0.25, -0.2) is 18.0 Å². The van der Waals surface area contributed by atoms with Crippen LogP contribution in [0.3, 0.4) is 0 Å². The van der Waals surface area contributed by atoms with Crippen LogP contribution in [0.2, 0.25) is 0 Å². The molecule has 0 saturated carbocycles. The van der Waals surface area contributed by atoms with Crippen molar-refractivity contribution in [3.63, 3.8) is 0 Å². The maximum atomic E-state index is 14.1.